The topological polar surface area (TPSA) is 84.9 Å². The molecule has 162 valence electrons. The van der Waals surface area contributed by atoms with Crippen LogP contribution in [0.2, 0.25) is 0 Å². The SMILES string of the molecule is CCOc1ccc(C(=O)NCCS(=O)(=O)N2CCc3ccccc3C2)cc1OCC. The Morgan fingerprint density at radius 2 is 1.73 bits per heavy atom. The lowest BCUT2D eigenvalue weighted by molar-refractivity contribution is 0.0955. The number of fused-ring (bicyclic) bond motifs is 1. The van der Waals surface area contributed by atoms with Gasteiger partial charge in [-0.2, -0.15) is 4.31 Å². The molecule has 0 saturated heterocycles. The highest BCUT2D eigenvalue weighted by atomic mass is 32.2. The Morgan fingerprint density at radius 1 is 1.03 bits per heavy atom. The van der Waals surface area contributed by atoms with Gasteiger partial charge in [0, 0.05) is 25.2 Å². The number of benzene rings is 2. The van der Waals surface area contributed by atoms with E-state index in [0.29, 0.717) is 49.8 Å². The van der Waals surface area contributed by atoms with Crippen molar-refractivity contribution in [1.29, 1.82) is 0 Å². The fraction of sp³-hybridized carbons (Fsp3) is 0.409. The molecule has 2 aromatic carbocycles. The van der Waals surface area contributed by atoms with Crippen LogP contribution in [0.15, 0.2) is 42.5 Å². The summed E-state index contributed by atoms with van der Waals surface area (Å²) in [6.07, 6.45) is 0.703. The number of nitrogens with one attached hydrogen (secondary N) is 1. The van der Waals surface area contributed by atoms with Crippen LogP contribution in [0.25, 0.3) is 0 Å². The summed E-state index contributed by atoms with van der Waals surface area (Å²) in [5.41, 5.74) is 2.62. The molecule has 0 atom stereocenters. The normalized spacial score (nSPS) is 14.1. The van der Waals surface area contributed by atoms with Gasteiger partial charge in [-0.05, 0) is 49.6 Å². The summed E-state index contributed by atoms with van der Waals surface area (Å²) in [6, 6.07) is 12.8. The van der Waals surface area contributed by atoms with E-state index in [0.717, 1.165) is 5.56 Å². The van der Waals surface area contributed by atoms with Crippen molar-refractivity contribution in [1.82, 2.24) is 9.62 Å². The molecule has 1 heterocycles. The van der Waals surface area contributed by atoms with Crippen LogP contribution in [-0.2, 0) is 23.0 Å². The third-order valence-corrected chi connectivity index (χ3v) is 6.76. The van der Waals surface area contributed by atoms with Crippen molar-refractivity contribution < 1.29 is 22.7 Å². The first-order valence-corrected chi connectivity index (χ1v) is 11.8. The quantitative estimate of drug-likeness (QED) is 0.658. The summed E-state index contributed by atoms with van der Waals surface area (Å²) >= 11 is 0. The van der Waals surface area contributed by atoms with Crippen LogP contribution in [-0.4, -0.2) is 50.7 Å². The molecule has 0 aromatic heterocycles. The van der Waals surface area contributed by atoms with Crippen LogP contribution < -0.4 is 14.8 Å². The lowest BCUT2D eigenvalue weighted by Crippen LogP contribution is -2.40. The minimum absolute atomic E-state index is 0.0382. The van der Waals surface area contributed by atoms with E-state index < -0.39 is 10.0 Å². The molecule has 1 amide bonds. The van der Waals surface area contributed by atoms with Crippen molar-refractivity contribution >= 4 is 15.9 Å². The summed E-state index contributed by atoms with van der Waals surface area (Å²) in [6.45, 7) is 5.54. The first-order chi connectivity index (χ1) is 14.4. The molecule has 8 heteroatoms. The molecule has 0 bridgehead atoms. The average Bonchev–Trinajstić information content (AvgIpc) is 2.74. The van der Waals surface area contributed by atoms with Crippen molar-refractivity contribution in [2.24, 2.45) is 0 Å². The van der Waals surface area contributed by atoms with Gasteiger partial charge in [-0.15, -0.1) is 0 Å². The van der Waals surface area contributed by atoms with E-state index >= 15 is 0 Å². The fourth-order valence-corrected chi connectivity index (χ4v) is 4.75. The van der Waals surface area contributed by atoms with Gasteiger partial charge in [0.05, 0.1) is 19.0 Å². The molecule has 7 nitrogen and oxygen atoms in total. The summed E-state index contributed by atoms with van der Waals surface area (Å²) in [4.78, 5) is 12.5. The maximum absolute atomic E-state index is 12.7. The molecular formula is C22H28N2O5S. The van der Waals surface area contributed by atoms with Crippen LogP contribution >= 0.6 is 0 Å². The molecule has 3 rings (SSSR count). The van der Waals surface area contributed by atoms with E-state index in [1.165, 1.54) is 9.87 Å². The summed E-state index contributed by atoms with van der Waals surface area (Å²) in [7, 11) is -3.46. The minimum atomic E-state index is -3.46. The van der Waals surface area contributed by atoms with Crippen molar-refractivity contribution in [3.63, 3.8) is 0 Å². The third-order valence-electron chi connectivity index (χ3n) is 4.94. The third kappa shape index (κ3) is 5.31. The highest BCUT2D eigenvalue weighted by Crippen LogP contribution is 2.28. The predicted molar refractivity (Wildman–Crippen MR) is 115 cm³/mol. The zero-order valence-corrected chi connectivity index (χ0v) is 18.2. The van der Waals surface area contributed by atoms with Crippen molar-refractivity contribution in [2.45, 2.75) is 26.8 Å². The molecule has 0 fully saturated rings. The second kappa shape index (κ2) is 9.95. The second-order valence-electron chi connectivity index (χ2n) is 6.95. The molecular weight excluding hydrogens is 404 g/mol. The van der Waals surface area contributed by atoms with Crippen LogP contribution in [0.1, 0.15) is 35.3 Å². The minimum Gasteiger partial charge on any atom is -0.490 e. The predicted octanol–water partition coefficient (Wildman–Crippen LogP) is 2.60. The summed E-state index contributed by atoms with van der Waals surface area (Å²) in [5.74, 6) is 0.574. The van der Waals surface area contributed by atoms with E-state index in [1.54, 1.807) is 18.2 Å². The highest BCUT2D eigenvalue weighted by Gasteiger charge is 2.26. The zero-order chi connectivity index (χ0) is 21.6. The Hall–Kier alpha value is -2.58. The smallest absolute Gasteiger partial charge is 0.251 e. The maximum atomic E-state index is 12.7. The van der Waals surface area contributed by atoms with Crippen molar-refractivity contribution in [2.75, 3.05) is 32.1 Å². The van der Waals surface area contributed by atoms with E-state index in [2.05, 4.69) is 5.32 Å². The van der Waals surface area contributed by atoms with Crippen molar-refractivity contribution in [3.8, 4) is 11.5 Å². The molecule has 0 aliphatic carbocycles. The van der Waals surface area contributed by atoms with E-state index in [-0.39, 0.29) is 18.2 Å². The lowest BCUT2D eigenvalue weighted by atomic mass is 10.0. The Morgan fingerprint density at radius 3 is 2.47 bits per heavy atom. The van der Waals surface area contributed by atoms with Crippen LogP contribution in [0.3, 0.4) is 0 Å². The van der Waals surface area contributed by atoms with E-state index in [4.69, 9.17) is 9.47 Å². The number of sulfonamides is 1. The molecule has 0 radical (unpaired) electrons. The number of carbonyl (C=O) groups is 1. The first kappa shape index (κ1) is 22.1. The van der Waals surface area contributed by atoms with Crippen LogP contribution in [0.5, 0.6) is 11.5 Å². The average molecular weight is 433 g/mol. The molecule has 2 aromatic rings. The number of ether oxygens (including phenoxy) is 2. The number of nitrogens with zero attached hydrogens (tertiary/aromatic N) is 1. The molecule has 0 unspecified atom stereocenters. The highest BCUT2D eigenvalue weighted by molar-refractivity contribution is 7.89. The number of amides is 1. The first-order valence-electron chi connectivity index (χ1n) is 10.2. The number of carbonyl (C=O) groups excluding carboxylic acids is 1. The van der Waals surface area contributed by atoms with Gasteiger partial charge in [0.1, 0.15) is 0 Å². The maximum Gasteiger partial charge on any atom is 0.251 e. The van der Waals surface area contributed by atoms with Gasteiger partial charge < -0.3 is 14.8 Å². The Labute approximate surface area is 178 Å². The van der Waals surface area contributed by atoms with E-state index in [9.17, 15) is 13.2 Å². The van der Waals surface area contributed by atoms with Gasteiger partial charge >= 0.3 is 0 Å². The lowest BCUT2D eigenvalue weighted by Gasteiger charge is -2.28. The van der Waals surface area contributed by atoms with Gasteiger partial charge in [-0.25, -0.2) is 8.42 Å². The number of hydrogen-bond donors (Lipinski definition) is 1. The molecule has 0 spiro atoms. The number of rotatable bonds is 9. The van der Waals surface area contributed by atoms with Gasteiger partial charge in [-0.1, -0.05) is 24.3 Å². The summed E-state index contributed by atoms with van der Waals surface area (Å²) < 4.78 is 37.9. The Kier molecular flexibility index (Phi) is 7.33. The molecule has 1 N–H and O–H groups in total. The fourth-order valence-electron chi connectivity index (χ4n) is 3.42. The molecule has 1 aliphatic heterocycles. The number of hydrogen-bond acceptors (Lipinski definition) is 5. The standard InChI is InChI=1S/C22H28N2O5S/c1-3-28-20-10-9-18(15-21(20)29-4-2)22(25)23-12-14-30(26,27)24-13-11-17-7-5-6-8-19(17)16-24/h5-10,15H,3-4,11-14,16H2,1-2H3,(H,23,25). The molecule has 0 saturated carbocycles. The van der Waals surface area contributed by atoms with E-state index in [1.807, 2.05) is 38.1 Å². The monoisotopic (exact) mass is 432 g/mol. The Balaban J connectivity index is 1.58. The largest absolute Gasteiger partial charge is 0.490 e. The van der Waals surface area contributed by atoms with Gasteiger partial charge in [-0.3, -0.25) is 4.79 Å². The summed E-state index contributed by atoms with van der Waals surface area (Å²) in [5, 5.41) is 2.69. The van der Waals surface area contributed by atoms with Crippen LogP contribution in [0, 0.1) is 0 Å². The second-order valence-corrected chi connectivity index (χ2v) is 9.04. The van der Waals surface area contributed by atoms with Crippen LogP contribution in [0.4, 0.5) is 0 Å². The zero-order valence-electron chi connectivity index (χ0n) is 17.4. The molecule has 30 heavy (non-hydrogen) atoms. The Bertz CT molecular complexity index is 991. The van der Waals surface area contributed by atoms with Crippen molar-refractivity contribution in [3.05, 3.63) is 59.2 Å². The van der Waals surface area contributed by atoms with Gasteiger partial charge in [0.25, 0.3) is 5.91 Å². The molecule has 1 aliphatic rings. The van der Waals surface area contributed by atoms with Gasteiger partial charge in [0.15, 0.2) is 11.5 Å². The van der Waals surface area contributed by atoms with Gasteiger partial charge in [0.2, 0.25) is 10.0 Å².